The molecule has 132 valence electrons. The summed E-state index contributed by atoms with van der Waals surface area (Å²) in [6, 6.07) is 10.6. The lowest BCUT2D eigenvalue weighted by molar-refractivity contribution is 0.212. The second kappa shape index (κ2) is 7.02. The number of hydrogen-bond acceptors (Lipinski definition) is 5. The van der Waals surface area contributed by atoms with Gasteiger partial charge in [-0.1, -0.05) is 47.5 Å². The molecule has 0 amide bonds. The minimum Gasteiger partial charge on any atom is -0.495 e. The van der Waals surface area contributed by atoms with Crippen LogP contribution < -0.4 is 9.26 Å². The van der Waals surface area contributed by atoms with Gasteiger partial charge < -0.3 is 9.26 Å². The van der Waals surface area contributed by atoms with E-state index < -0.39 is 7.82 Å². The van der Waals surface area contributed by atoms with Gasteiger partial charge in [0, 0.05) is 35.8 Å². The van der Waals surface area contributed by atoms with Crippen molar-refractivity contribution in [3.8, 4) is 11.5 Å². The zero-order chi connectivity index (χ0) is 18.2. The fourth-order valence-electron chi connectivity index (χ4n) is 2.72. The quantitative estimate of drug-likeness (QED) is 0.383. The molecule has 0 unspecified atom stereocenters. The number of fused-ring (bicyclic) bond motifs is 2. The van der Waals surface area contributed by atoms with Gasteiger partial charge in [-0.2, -0.15) is 0 Å². The van der Waals surface area contributed by atoms with Crippen LogP contribution in [0.15, 0.2) is 36.4 Å². The maximum absolute atomic E-state index is 12.6. The Morgan fingerprint density at radius 2 is 1.28 bits per heavy atom. The average molecular weight is 401 g/mol. The van der Waals surface area contributed by atoms with Crippen molar-refractivity contribution in [1.29, 1.82) is 0 Å². The van der Waals surface area contributed by atoms with E-state index in [0.29, 0.717) is 43.1 Å². The van der Waals surface area contributed by atoms with E-state index in [1.165, 1.54) is 21.3 Å². The van der Waals surface area contributed by atoms with Crippen molar-refractivity contribution in [1.82, 2.24) is 0 Å². The monoisotopic (exact) mass is 400 g/mol. The number of benzene rings is 3. The molecule has 0 atom stereocenters. The number of phosphoric acid groups is 1. The van der Waals surface area contributed by atoms with Crippen molar-refractivity contribution in [2.24, 2.45) is 0 Å². The highest BCUT2D eigenvalue weighted by Crippen LogP contribution is 2.54. The zero-order valence-corrected chi connectivity index (χ0v) is 16.1. The lowest BCUT2D eigenvalue weighted by atomic mass is 10.0. The van der Waals surface area contributed by atoms with Crippen LogP contribution in [0.3, 0.4) is 0 Å². The van der Waals surface area contributed by atoms with E-state index in [1.54, 1.807) is 36.4 Å². The summed E-state index contributed by atoms with van der Waals surface area (Å²) in [6.45, 7) is 0. The first-order chi connectivity index (χ1) is 12.0. The molecule has 0 aliphatic heterocycles. The average Bonchev–Trinajstić information content (AvgIpc) is 2.62. The molecule has 0 aliphatic carbocycles. The van der Waals surface area contributed by atoms with Crippen LogP contribution in [0.25, 0.3) is 21.5 Å². The summed E-state index contributed by atoms with van der Waals surface area (Å²) in [5.41, 5.74) is 0. The molecular formula is C17H15Cl2O5P. The van der Waals surface area contributed by atoms with Crippen molar-refractivity contribution in [3.63, 3.8) is 0 Å². The van der Waals surface area contributed by atoms with Gasteiger partial charge in [-0.3, -0.25) is 9.05 Å². The second-order valence-corrected chi connectivity index (χ2v) is 7.71. The van der Waals surface area contributed by atoms with Crippen LogP contribution in [0.2, 0.25) is 10.0 Å². The van der Waals surface area contributed by atoms with E-state index in [2.05, 4.69) is 0 Å². The molecule has 0 fully saturated rings. The largest absolute Gasteiger partial charge is 0.529 e. The molecule has 0 spiro atoms. The molecule has 3 aromatic rings. The van der Waals surface area contributed by atoms with Crippen LogP contribution in [0.4, 0.5) is 0 Å². The van der Waals surface area contributed by atoms with Gasteiger partial charge in [0.1, 0.15) is 11.5 Å². The van der Waals surface area contributed by atoms with Crippen LogP contribution in [0, 0.1) is 0 Å². The van der Waals surface area contributed by atoms with E-state index in [9.17, 15) is 4.57 Å². The Kier molecular flexibility index (Phi) is 5.14. The van der Waals surface area contributed by atoms with Gasteiger partial charge in [0.05, 0.1) is 17.2 Å². The Morgan fingerprint density at radius 1 is 0.800 bits per heavy atom. The molecule has 8 heteroatoms. The maximum atomic E-state index is 12.6. The minimum absolute atomic E-state index is 0.294. The van der Waals surface area contributed by atoms with Gasteiger partial charge in [0.15, 0.2) is 0 Å². The Labute approximate surface area is 154 Å². The smallest absolute Gasteiger partial charge is 0.495 e. The molecule has 0 aliphatic rings. The molecule has 3 rings (SSSR count). The summed E-state index contributed by atoms with van der Waals surface area (Å²) in [4.78, 5) is 0. The van der Waals surface area contributed by atoms with E-state index in [0.717, 1.165) is 0 Å². The van der Waals surface area contributed by atoms with Gasteiger partial charge in [0.25, 0.3) is 0 Å². The summed E-state index contributed by atoms with van der Waals surface area (Å²) >= 11 is 12.8. The fourth-order valence-corrected chi connectivity index (χ4v) is 3.96. The molecular weight excluding hydrogens is 386 g/mol. The molecule has 25 heavy (non-hydrogen) atoms. The van der Waals surface area contributed by atoms with Crippen LogP contribution in [0.1, 0.15) is 0 Å². The third-order valence-corrected chi connectivity index (χ3v) is 5.76. The molecule has 0 bridgehead atoms. The van der Waals surface area contributed by atoms with Crippen LogP contribution in [0.5, 0.6) is 11.5 Å². The topological polar surface area (TPSA) is 54.0 Å². The van der Waals surface area contributed by atoms with E-state index in [4.69, 9.17) is 41.5 Å². The molecule has 5 nitrogen and oxygen atoms in total. The van der Waals surface area contributed by atoms with Crippen molar-refractivity contribution < 1.29 is 22.9 Å². The summed E-state index contributed by atoms with van der Waals surface area (Å²) in [7, 11) is 0.242. The summed E-state index contributed by atoms with van der Waals surface area (Å²) in [5.74, 6) is 0.807. The Morgan fingerprint density at radius 3 is 1.68 bits per heavy atom. The Bertz CT molecular complexity index is 934. The molecule has 0 radical (unpaired) electrons. The van der Waals surface area contributed by atoms with Crippen molar-refractivity contribution in [2.45, 2.75) is 0 Å². The third kappa shape index (κ3) is 3.07. The Balaban J connectivity index is 2.51. The highest BCUT2D eigenvalue weighted by molar-refractivity contribution is 7.48. The number of ether oxygens (including phenoxy) is 1. The number of hydrogen-bond donors (Lipinski definition) is 0. The van der Waals surface area contributed by atoms with Gasteiger partial charge in [0.2, 0.25) is 0 Å². The van der Waals surface area contributed by atoms with Gasteiger partial charge in [-0.15, -0.1) is 0 Å². The normalized spacial score (nSPS) is 11.9. The van der Waals surface area contributed by atoms with Crippen molar-refractivity contribution >= 4 is 52.6 Å². The first-order valence-corrected chi connectivity index (χ1v) is 9.45. The molecule has 0 aromatic heterocycles. The number of rotatable bonds is 5. The standard InChI is InChI=1S/C17H15Cl2O5P/c1-21-17-14-10(6-4-8-12(14)18)16(24-25(20,22-2)23-3)11-7-5-9-13(19)15(11)17/h4-9H,1-3H3. The Hall–Kier alpha value is -1.49. The van der Waals surface area contributed by atoms with E-state index >= 15 is 0 Å². The third-order valence-electron chi connectivity index (χ3n) is 3.83. The fraction of sp³-hybridized carbons (Fsp3) is 0.176. The van der Waals surface area contributed by atoms with Crippen molar-refractivity contribution in [3.05, 3.63) is 46.4 Å². The lowest BCUT2D eigenvalue weighted by Crippen LogP contribution is -2.00. The maximum Gasteiger partial charge on any atom is 0.529 e. The van der Waals surface area contributed by atoms with Gasteiger partial charge >= 0.3 is 7.82 Å². The van der Waals surface area contributed by atoms with Crippen LogP contribution >= 0.6 is 31.0 Å². The first kappa shape index (κ1) is 18.3. The summed E-state index contributed by atoms with van der Waals surface area (Å²) < 4.78 is 33.7. The first-order valence-electron chi connectivity index (χ1n) is 7.23. The molecule has 0 heterocycles. The van der Waals surface area contributed by atoms with Gasteiger partial charge in [-0.05, 0) is 12.1 Å². The summed E-state index contributed by atoms with van der Waals surface area (Å²) in [6.07, 6.45) is 0. The molecule has 0 N–H and O–H groups in total. The van der Waals surface area contributed by atoms with Crippen LogP contribution in [-0.4, -0.2) is 21.3 Å². The lowest BCUT2D eigenvalue weighted by Gasteiger charge is -2.20. The highest BCUT2D eigenvalue weighted by Gasteiger charge is 2.29. The SMILES string of the molecule is COc1c2c(Cl)cccc2c(OP(=O)(OC)OC)c2cccc(Cl)c12. The molecule has 0 saturated heterocycles. The zero-order valence-electron chi connectivity index (χ0n) is 13.7. The minimum atomic E-state index is -3.79. The molecule has 3 aromatic carbocycles. The second-order valence-electron chi connectivity index (χ2n) is 5.09. The van der Waals surface area contributed by atoms with E-state index in [1.807, 2.05) is 0 Å². The predicted octanol–water partition coefficient (Wildman–Crippen LogP) is 6.09. The number of phosphoric ester groups is 1. The van der Waals surface area contributed by atoms with E-state index in [-0.39, 0.29) is 0 Å². The predicted molar refractivity (Wildman–Crippen MR) is 100 cm³/mol. The van der Waals surface area contributed by atoms with Gasteiger partial charge in [-0.25, -0.2) is 4.57 Å². The number of halogens is 2. The number of methoxy groups -OCH3 is 1. The van der Waals surface area contributed by atoms with Crippen molar-refractivity contribution in [2.75, 3.05) is 21.3 Å². The van der Waals surface area contributed by atoms with Crippen LogP contribution in [-0.2, 0) is 13.6 Å². The summed E-state index contributed by atoms with van der Waals surface area (Å²) in [5, 5.41) is 3.31. The molecule has 0 saturated carbocycles. The highest BCUT2D eigenvalue weighted by atomic mass is 35.5.